The van der Waals surface area contributed by atoms with Crippen molar-refractivity contribution in [3.63, 3.8) is 0 Å². The summed E-state index contributed by atoms with van der Waals surface area (Å²) in [6.07, 6.45) is 0.196. The fourth-order valence-electron chi connectivity index (χ4n) is 1.66. The maximum absolute atomic E-state index is 11.6. The summed E-state index contributed by atoms with van der Waals surface area (Å²) in [5, 5.41) is 0. The van der Waals surface area contributed by atoms with Crippen LogP contribution < -0.4 is 5.73 Å². The Balaban J connectivity index is 1.87. The van der Waals surface area contributed by atoms with Crippen molar-refractivity contribution < 1.29 is 14.3 Å². The third-order valence-corrected chi connectivity index (χ3v) is 2.64. The average molecular weight is 219 g/mol. The van der Waals surface area contributed by atoms with Crippen LogP contribution in [0.25, 0.3) is 0 Å². The number of nitrogens with two attached hydrogens (primary N) is 1. The van der Waals surface area contributed by atoms with Gasteiger partial charge in [0, 0.05) is 12.8 Å². The maximum atomic E-state index is 11.6. The first-order valence-electron chi connectivity index (χ1n) is 5.12. The molecule has 1 aromatic carbocycles. The van der Waals surface area contributed by atoms with Crippen molar-refractivity contribution in [2.24, 2.45) is 5.73 Å². The standard InChI is InChI=1S/C12H13NO3/c13-12(6-10(14)7-12)11(15)16-8-9-4-2-1-3-5-9/h1-5H,6-8,13H2. The van der Waals surface area contributed by atoms with E-state index in [0.29, 0.717) is 0 Å². The van der Waals surface area contributed by atoms with E-state index in [1.165, 1.54) is 0 Å². The number of benzene rings is 1. The summed E-state index contributed by atoms with van der Waals surface area (Å²) in [6.45, 7) is 0.201. The van der Waals surface area contributed by atoms with Crippen LogP contribution >= 0.6 is 0 Å². The van der Waals surface area contributed by atoms with Gasteiger partial charge < -0.3 is 10.5 Å². The fraction of sp³-hybridized carbons (Fsp3) is 0.333. The lowest BCUT2D eigenvalue weighted by Gasteiger charge is -2.33. The molecule has 0 bridgehead atoms. The number of hydrogen-bond acceptors (Lipinski definition) is 4. The zero-order valence-electron chi connectivity index (χ0n) is 8.81. The predicted molar refractivity (Wildman–Crippen MR) is 57.4 cm³/mol. The zero-order chi connectivity index (χ0) is 11.6. The van der Waals surface area contributed by atoms with Gasteiger partial charge in [-0.15, -0.1) is 0 Å². The molecule has 0 spiro atoms. The first kappa shape index (κ1) is 10.8. The lowest BCUT2D eigenvalue weighted by Crippen LogP contribution is -2.59. The maximum Gasteiger partial charge on any atom is 0.327 e. The Labute approximate surface area is 93.4 Å². The molecule has 0 atom stereocenters. The number of carbonyl (C=O) groups is 2. The average Bonchev–Trinajstić information content (AvgIpc) is 2.25. The lowest BCUT2D eigenvalue weighted by molar-refractivity contribution is -0.159. The second kappa shape index (κ2) is 4.06. The first-order valence-corrected chi connectivity index (χ1v) is 5.12. The van der Waals surface area contributed by atoms with E-state index in [2.05, 4.69) is 0 Å². The van der Waals surface area contributed by atoms with Gasteiger partial charge in [0.15, 0.2) is 0 Å². The summed E-state index contributed by atoms with van der Waals surface area (Å²) in [4.78, 5) is 22.4. The van der Waals surface area contributed by atoms with E-state index in [1.54, 1.807) is 0 Å². The molecule has 0 aromatic heterocycles. The van der Waals surface area contributed by atoms with E-state index in [-0.39, 0.29) is 25.2 Å². The molecular weight excluding hydrogens is 206 g/mol. The second-order valence-electron chi connectivity index (χ2n) is 4.11. The topological polar surface area (TPSA) is 69.4 Å². The largest absolute Gasteiger partial charge is 0.459 e. The van der Waals surface area contributed by atoms with Crippen LogP contribution in [0.3, 0.4) is 0 Å². The van der Waals surface area contributed by atoms with Crippen molar-refractivity contribution >= 4 is 11.8 Å². The third kappa shape index (κ3) is 2.12. The molecule has 1 aliphatic carbocycles. The number of hydrogen-bond donors (Lipinski definition) is 1. The molecule has 16 heavy (non-hydrogen) atoms. The number of carbonyl (C=O) groups excluding carboxylic acids is 2. The SMILES string of the molecule is NC1(C(=O)OCc2ccccc2)CC(=O)C1. The van der Waals surface area contributed by atoms with Gasteiger partial charge in [0.05, 0.1) is 0 Å². The van der Waals surface area contributed by atoms with E-state index in [1.807, 2.05) is 30.3 Å². The van der Waals surface area contributed by atoms with Crippen molar-refractivity contribution in [3.05, 3.63) is 35.9 Å². The summed E-state index contributed by atoms with van der Waals surface area (Å²) in [5.74, 6) is -0.477. The smallest absolute Gasteiger partial charge is 0.327 e. The van der Waals surface area contributed by atoms with Gasteiger partial charge in [0.1, 0.15) is 17.9 Å². The van der Waals surface area contributed by atoms with Crippen LogP contribution in [-0.2, 0) is 20.9 Å². The van der Waals surface area contributed by atoms with Crippen molar-refractivity contribution in [3.8, 4) is 0 Å². The highest BCUT2D eigenvalue weighted by Gasteiger charge is 2.47. The van der Waals surface area contributed by atoms with Crippen molar-refractivity contribution in [2.75, 3.05) is 0 Å². The monoisotopic (exact) mass is 219 g/mol. The minimum absolute atomic E-state index is 0.0131. The zero-order valence-corrected chi connectivity index (χ0v) is 8.81. The van der Waals surface area contributed by atoms with Crippen molar-refractivity contribution in [1.82, 2.24) is 0 Å². The number of ketones is 1. The minimum atomic E-state index is -1.08. The molecule has 1 aromatic rings. The molecular formula is C12H13NO3. The summed E-state index contributed by atoms with van der Waals surface area (Å²) in [6, 6.07) is 9.35. The van der Waals surface area contributed by atoms with Gasteiger partial charge >= 0.3 is 5.97 Å². The summed E-state index contributed by atoms with van der Waals surface area (Å²) in [7, 11) is 0. The Hall–Kier alpha value is -1.68. The normalized spacial score (nSPS) is 17.7. The van der Waals surface area contributed by atoms with Crippen LogP contribution in [0.4, 0.5) is 0 Å². The number of ether oxygens (including phenoxy) is 1. The molecule has 2 rings (SSSR count). The van der Waals surface area contributed by atoms with Gasteiger partial charge in [0.25, 0.3) is 0 Å². The molecule has 4 nitrogen and oxygen atoms in total. The highest BCUT2D eigenvalue weighted by atomic mass is 16.5. The molecule has 4 heteroatoms. The Morgan fingerprint density at radius 2 is 1.94 bits per heavy atom. The van der Waals surface area contributed by atoms with Gasteiger partial charge in [-0.1, -0.05) is 30.3 Å². The van der Waals surface area contributed by atoms with Gasteiger partial charge in [-0.05, 0) is 5.56 Å². The van der Waals surface area contributed by atoms with Gasteiger partial charge in [-0.3, -0.25) is 9.59 Å². The molecule has 2 N–H and O–H groups in total. The van der Waals surface area contributed by atoms with E-state index in [4.69, 9.17) is 10.5 Å². The van der Waals surface area contributed by atoms with Gasteiger partial charge in [-0.2, -0.15) is 0 Å². The molecule has 84 valence electrons. The number of Topliss-reactive ketones (excluding diaryl/α,β-unsaturated/α-hetero) is 1. The van der Waals surface area contributed by atoms with Crippen LogP contribution in [0.15, 0.2) is 30.3 Å². The van der Waals surface area contributed by atoms with Crippen LogP contribution in [0.5, 0.6) is 0 Å². The minimum Gasteiger partial charge on any atom is -0.459 e. The Bertz CT molecular complexity index is 406. The van der Waals surface area contributed by atoms with Crippen molar-refractivity contribution in [2.45, 2.75) is 25.0 Å². The molecule has 0 saturated heterocycles. The fourth-order valence-corrected chi connectivity index (χ4v) is 1.66. The molecule has 0 aliphatic heterocycles. The Kier molecular flexibility index (Phi) is 2.75. The quantitative estimate of drug-likeness (QED) is 0.763. The Morgan fingerprint density at radius 1 is 1.31 bits per heavy atom. The summed E-state index contributed by atoms with van der Waals surface area (Å²) >= 11 is 0. The van der Waals surface area contributed by atoms with Crippen LogP contribution in [0.2, 0.25) is 0 Å². The molecule has 0 radical (unpaired) electrons. The molecule has 1 saturated carbocycles. The highest BCUT2D eigenvalue weighted by molar-refractivity contribution is 6.00. The Morgan fingerprint density at radius 3 is 2.50 bits per heavy atom. The van der Waals surface area contributed by atoms with E-state index in [0.717, 1.165) is 5.56 Å². The summed E-state index contributed by atoms with van der Waals surface area (Å²) in [5.41, 5.74) is 5.54. The van der Waals surface area contributed by atoms with E-state index in [9.17, 15) is 9.59 Å². The van der Waals surface area contributed by atoms with Gasteiger partial charge in [0.2, 0.25) is 0 Å². The van der Waals surface area contributed by atoms with Crippen LogP contribution in [0.1, 0.15) is 18.4 Å². The molecule has 1 aliphatic rings. The van der Waals surface area contributed by atoms with Crippen molar-refractivity contribution in [1.29, 1.82) is 0 Å². The first-order chi connectivity index (χ1) is 7.60. The lowest BCUT2D eigenvalue weighted by atomic mass is 9.76. The van der Waals surface area contributed by atoms with E-state index >= 15 is 0 Å². The summed E-state index contributed by atoms with van der Waals surface area (Å²) < 4.78 is 5.07. The highest BCUT2D eigenvalue weighted by Crippen LogP contribution is 2.27. The molecule has 0 heterocycles. The number of esters is 1. The van der Waals surface area contributed by atoms with Gasteiger partial charge in [-0.25, -0.2) is 0 Å². The predicted octanol–water partition coefficient (Wildman–Crippen LogP) is 0.790. The number of rotatable bonds is 3. The molecule has 0 unspecified atom stereocenters. The third-order valence-electron chi connectivity index (χ3n) is 2.64. The second-order valence-corrected chi connectivity index (χ2v) is 4.11. The molecule has 0 amide bonds. The van der Waals surface area contributed by atoms with Crippen LogP contribution in [0, 0.1) is 0 Å². The van der Waals surface area contributed by atoms with E-state index < -0.39 is 11.5 Å². The van der Waals surface area contributed by atoms with Crippen LogP contribution in [-0.4, -0.2) is 17.3 Å². The molecule has 1 fully saturated rings.